The smallest absolute Gasteiger partial charge is 0.264 e. The summed E-state index contributed by atoms with van der Waals surface area (Å²) in [5.74, 6) is 0.833. The number of amides is 1. The predicted molar refractivity (Wildman–Crippen MR) is 109 cm³/mol. The molecule has 7 heteroatoms. The second-order valence-electron chi connectivity index (χ2n) is 7.13. The summed E-state index contributed by atoms with van der Waals surface area (Å²) >= 11 is 0. The van der Waals surface area contributed by atoms with Crippen LogP contribution in [-0.2, 0) is 14.8 Å². The van der Waals surface area contributed by atoms with Gasteiger partial charge in [0.15, 0.2) is 6.61 Å². The van der Waals surface area contributed by atoms with Crippen molar-refractivity contribution >= 4 is 21.6 Å². The molecule has 0 aliphatic carbocycles. The third kappa shape index (κ3) is 4.72. The molecule has 6 nitrogen and oxygen atoms in total. The van der Waals surface area contributed by atoms with Gasteiger partial charge >= 0.3 is 0 Å². The molecular weight excluding hydrogens is 376 g/mol. The summed E-state index contributed by atoms with van der Waals surface area (Å²) in [6.45, 7) is 3.14. The number of benzene rings is 2. The summed E-state index contributed by atoms with van der Waals surface area (Å²) in [6, 6.07) is 15.6. The molecule has 28 heavy (non-hydrogen) atoms. The molecule has 0 radical (unpaired) electrons. The van der Waals surface area contributed by atoms with E-state index in [0.717, 1.165) is 18.5 Å². The molecule has 0 bridgehead atoms. The quantitative estimate of drug-likeness (QED) is 0.744. The van der Waals surface area contributed by atoms with E-state index in [1.165, 1.54) is 17.0 Å². The Morgan fingerprint density at radius 1 is 1.07 bits per heavy atom. The van der Waals surface area contributed by atoms with Gasteiger partial charge in [0.25, 0.3) is 5.91 Å². The first-order chi connectivity index (χ1) is 13.4. The summed E-state index contributed by atoms with van der Waals surface area (Å²) in [7, 11) is -1.79. The van der Waals surface area contributed by atoms with Crippen LogP contribution < -0.4 is 9.64 Å². The average molecular weight is 403 g/mol. The Labute approximate surface area is 166 Å². The first-order valence-corrected chi connectivity index (χ1v) is 10.9. The summed E-state index contributed by atoms with van der Waals surface area (Å²) in [5.41, 5.74) is 0.786. The van der Waals surface area contributed by atoms with Crippen molar-refractivity contribution in [2.45, 2.75) is 24.7 Å². The van der Waals surface area contributed by atoms with Crippen molar-refractivity contribution < 1.29 is 17.9 Å². The molecule has 1 saturated heterocycles. The van der Waals surface area contributed by atoms with Crippen LogP contribution in [0.15, 0.2) is 59.5 Å². The summed E-state index contributed by atoms with van der Waals surface area (Å²) in [4.78, 5) is 14.1. The number of hydrogen-bond donors (Lipinski definition) is 0. The number of carbonyl (C=O) groups is 1. The zero-order valence-corrected chi connectivity index (χ0v) is 17.1. The van der Waals surface area contributed by atoms with Crippen LogP contribution in [0, 0.1) is 5.92 Å². The highest BCUT2D eigenvalue weighted by atomic mass is 32.2. The highest BCUT2D eigenvalue weighted by Crippen LogP contribution is 2.25. The number of sulfonamides is 1. The molecule has 1 aliphatic heterocycles. The van der Waals surface area contributed by atoms with Crippen LogP contribution in [0.25, 0.3) is 0 Å². The molecular formula is C21H26N2O4S. The van der Waals surface area contributed by atoms with E-state index in [1.54, 1.807) is 23.5 Å². The van der Waals surface area contributed by atoms with E-state index < -0.39 is 10.0 Å². The van der Waals surface area contributed by atoms with Crippen LogP contribution in [0.4, 0.5) is 5.69 Å². The third-order valence-corrected chi connectivity index (χ3v) is 7.00. The minimum Gasteiger partial charge on any atom is -0.484 e. The number of para-hydroxylation sites is 1. The van der Waals surface area contributed by atoms with E-state index >= 15 is 0 Å². The first-order valence-electron chi connectivity index (χ1n) is 9.42. The van der Waals surface area contributed by atoms with Crippen LogP contribution in [0.5, 0.6) is 5.75 Å². The van der Waals surface area contributed by atoms with Crippen molar-refractivity contribution in [2.24, 2.45) is 5.92 Å². The van der Waals surface area contributed by atoms with Gasteiger partial charge in [-0.1, -0.05) is 25.1 Å². The van der Waals surface area contributed by atoms with Crippen molar-refractivity contribution in [3.63, 3.8) is 0 Å². The van der Waals surface area contributed by atoms with Gasteiger partial charge in [-0.05, 0) is 55.2 Å². The Morgan fingerprint density at radius 3 is 2.29 bits per heavy atom. The number of piperidine rings is 1. The Morgan fingerprint density at radius 2 is 1.68 bits per heavy atom. The van der Waals surface area contributed by atoms with E-state index in [9.17, 15) is 13.2 Å². The average Bonchev–Trinajstić information content (AvgIpc) is 2.72. The molecule has 1 fully saturated rings. The predicted octanol–water partition coefficient (Wildman–Crippen LogP) is 3.15. The molecule has 1 aliphatic rings. The molecule has 0 spiro atoms. The van der Waals surface area contributed by atoms with Gasteiger partial charge < -0.3 is 9.64 Å². The molecule has 1 amide bonds. The fourth-order valence-electron chi connectivity index (χ4n) is 3.12. The summed E-state index contributed by atoms with van der Waals surface area (Å²) in [6.07, 6.45) is 1.77. The number of anilines is 1. The lowest BCUT2D eigenvalue weighted by atomic mass is 10.0. The van der Waals surface area contributed by atoms with E-state index in [-0.39, 0.29) is 17.4 Å². The van der Waals surface area contributed by atoms with Crippen molar-refractivity contribution in [1.82, 2.24) is 4.31 Å². The number of ether oxygens (including phenoxy) is 1. The van der Waals surface area contributed by atoms with Crippen LogP contribution in [-0.4, -0.2) is 45.4 Å². The highest BCUT2D eigenvalue weighted by molar-refractivity contribution is 7.89. The lowest BCUT2D eigenvalue weighted by Crippen LogP contribution is -2.37. The highest BCUT2D eigenvalue weighted by Gasteiger charge is 2.27. The second kappa shape index (κ2) is 8.75. The van der Waals surface area contributed by atoms with Crippen LogP contribution in [0.2, 0.25) is 0 Å². The Hall–Kier alpha value is -2.38. The molecule has 0 saturated carbocycles. The van der Waals surface area contributed by atoms with Gasteiger partial charge in [0.2, 0.25) is 10.0 Å². The summed E-state index contributed by atoms with van der Waals surface area (Å²) < 4.78 is 32.6. The van der Waals surface area contributed by atoms with Crippen LogP contribution in [0.1, 0.15) is 19.8 Å². The standard InChI is InChI=1S/C21H26N2O4S/c1-17-12-14-23(15-13-17)28(25,26)20-10-8-19(9-11-20)27-16-21(24)22(2)18-6-4-3-5-7-18/h3-11,17H,12-16H2,1-2H3. The minimum atomic E-state index is -3.48. The van der Waals surface area contributed by atoms with E-state index in [2.05, 4.69) is 6.92 Å². The topological polar surface area (TPSA) is 66.9 Å². The Kier molecular flexibility index (Phi) is 6.36. The molecule has 0 atom stereocenters. The monoisotopic (exact) mass is 402 g/mol. The maximum Gasteiger partial charge on any atom is 0.264 e. The minimum absolute atomic E-state index is 0.124. The Balaban J connectivity index is 1.59. The van der Waals surface area contributed by atoms with Gasteiger partial charge in [-0.2, -0.15) is 4.31 Å². The van der Waals surface area contributed by atoms with E-state index in [0.29, 0.717) is 24.8 Å². The lowest BCUT2D eigenvalue weighted by Gasteiger charge is -2.29. The Bertz CT molecular complexity index is 890. The van der Waals surface area contributed by atoms with Gasteiger partial charge in [0.05, 0.1) is 4.90 Å². The zero-order valence-electron chi connectivity index (χ0n) is 16.2. The molecule has 1 heterocycles. The van der Waals surface area contributed by atoms with Crippen LogP contribution >= 0.6 is 0 Å². The van der Waals surface area contributed by atoms with Gasteiger partial charge in [-0.15, -0.1) is 0 Å². The van der Waals surface area contributed by atoms with E-state index in [4.69, 9.17) is 4.74 Å². The van der Waals surface area contributed by atoms with Crippen molar-refractivity contribution in [2.75, 3.05) is 31.6 Å². The molecule has 0 aromatic heterocycles. The number of nitrogens with zero attached hydrogens (tertiary/aromatic N) is 2. The lowest BCUT2D eigenvalue weighted by molar-refractivity contribution is -0.120. The molecule has 2 aromatic carbocycles. The normalized spacial score (nSPS) is 15.9. The number of hydrogen-bond acceptors (Lipinski definition) is 4. The largest absolute Gasteiger partial charge is 0.484 e. The fraction of sp³-hybridized carbons (Fsp3) is 0.381. The number of rotatable bonds is 6. The fourth-order valence-corrected chi connectivity index (χ4v) is 4.59. The first kappa shape index (κ1) is 20.4. The van der Waals surface area contributed by atoms with Gasteiger partial charge in [0.1, 0.15) is 5.75 Å². The molecule has 150 valence electrons. The number of carbonyl (C=O) groups excluding carboxylic acids is 1. The molecule has 2 aromatic rings. The number of likely N-dealkylation sites (N-methyl/N-ethyl adjacent to an activating group) is 1. The summed E-state index contributed by atoms with van der Waals surface area (Å²) in [5, 5.41) is 0. The van der Waals surface area contributed by atoms with Gasteiger partial charge in [-0.25, -0.2) is 8.42 Å². The third-order valence-electron chi connectivity index (χ3n) is 5.08. The van der Waals surface area contributed by atoms with E-state index in [1.807, 2.05) is 30.3 Å². The van der Waals surface area contributed by atoms with Crippen LogP contribution in [0.3, 0.4) is 0 Å². The van der Waals surface area contributed by atoms with Crippen molar-refractivity contribution in [3.05, 3.63) is 54.6 Å². The molecule has 3 rings (SSSR count). The molecule has 0 unspecified atom stereocenters. The molecule has 0 N–H and O–H groups in total. The van der Waals surface area contributed by atoms with Gasteiger partial charge in [0, 0.05) is 25.8 Å². The SMILES string of the molecule is CC1CCN(S(=O)(=O)c2ccc(OCC(=O)N(C)c3ccccc3)cc2)CC1. The maximum atomic E-state index is 12.7. The maximum absolute atomic E-state index is 12.7. The van der Waals surface area contributed by atoms with Crippen molar-refractivity contribution in [3.8, 4) is 5.75 Å². The second-order valence-corrected chi connectivity index (χ2v) is 9.07. The zero-order chi connectivity index (χ0) is 20.1. The van der Waals surface area contributed by atoms with Gasteiger partial charge in [-0.3, -0.25) is 4.79 Å². The van der Waals surface area contributed by atoms with Crippen molar-refractivity contribution in [1.29, 1.82) is 0 Å².